The van der Waals surface area contributed by atoms with Gasteiger partial charge in [0.25, 0.3) is 5.91 Å². The average molecular weight is 396 g/mol. The number of carbonyl (C=O) groups is 3. The van der Waals surface area contributed by atoms with Crippen LogP contribution in [0.2, 0.25) is 0 Å². The smallest absolute Gasteiger partial charge is 0.311 e. The van der Waals surface area contributed by atoms with E-state index in [0.29, 0.717) is 11.6 Å². The van der Waals surface area contributed by atoms with Gasteiger partial charge in [-0.3, -0.25) is 14.4 Å². The number of hydrogen-bond acceptors (Lipinski definition) is 4. The topological polar surface area (TPSA) is 84.5 Å². The van der Waals surface area contributed by atoms with Gasteiger partial charge in [0.1, 0.15) is 0 Å². The van der Waals surface area contributed by atoms with E-state index in [4.69, 9.17) is 4.74 Å². The minimum atomic E-state index is -0.911. The lowest BCUT2D eigenvalue weighted by atomic mass is 9.97. The Morgan fingerprint density at radius 1 is 0.966 bits per heavy atom. The maximum atomic E-state index is 12.5. The fraction of sp³-hybridized carbons (Fsp3) is 0.348. The Morgan fingerprint density at radius 2 is 1.62 bits per heavy atom. The van der Waals surface area contributed by atoms with E-state index in [9.17, 15) is 14.4 Å². The van der Waals surface area contributed by atoms with Crippen LogP contribution in [0.15, 0.2) is 48.5 Å². The van der Waals surface area contributed by atoms with E-state index >= 15 is 0 Å². The summed E-state index contributed by atoms with van der Waals surface area (Å²) < 4.78 is 5.29. The van der Waals surface area contributed by atoms with Crippen molar-refractivity contribution in [1.29, 1.82) is 0 Å². The number of nitrogens with one attached hydrogen (secondary N) is 2. The molecule has 0 unspecified atom stereocenters. The third-order valence-corrected chi connectivity index (χ3v) is 4.66. The summed E-state index contributed by atoms with van der Waals surface area (Å²) in [7, 11) is 0. The molecule has 2 rings (SSSR count). The van der Waals surface area contributed by atoms with Crippen LogP contribution in [0.25, 0.3) is 0 Å². The van der Waals surface area contributed by atoms with E-state index in [0.717, 1.165) is 23.2 Å². The molecule has 0 aromatic heterocycles. The third kappa shape index (κ3) is 6.75. The van der Waals surface area contributed by atoms with Crippen molar-refractivity contribution in [2.24, 2.45) is 0 Å². The first-order valence-electron chi connectivity index (χ1n) is 9.76. The molecule has 0 heterocycles. The fourth-order valence-electron chi connectivity index (χ4n) is 2.86. The second-order valence-electron chi connectivity index (χ2n) is 7.07. The Balaban J connectivity index is 1.92. The van der Waals surface area contributed by atoms with Gasteiger partial charge in [-0.05, 0) is 48.6 Å². The molecule has 2 N–H and O–H groups in total. The van der Waals surface area contributed by atoms with E-state index in [-0.39, 0.29) is 18.2 Å². The maximum Gasteiger partial charge on any atom is 0.311 e. The number of esters is 1. The van der Waals surface area contributed by atoms with Gasteiger partial charge in [0, 0.05) is 18.3 Å². The van der Waals surface area contributed by atoms with E-state index in [2.05, 4.69) is 24.5 Å². The lowest BCUT2D eigenvalue weighted by Gasteiger charge is -2.18. The minimum absolute atomic E-state index is 0.0431. The second kappa shape index (κ2) is 10.4. The monoisotopic (exact) mass is 396 g/mol. The van der Waals surface area contributed by atoms with Crippen molar-refractivity contribution >= 4 is 29.2 Å². The van der Waals surface area contributed by atoms with Crippen LogP contribution < -0.4 is 10.6 Å². The Kier molecular flexibility index (Phi) is 7.95. The number of rotatable bonds is 8. The molecular formula is C23H28N2O4. The van der Waals surface area contributed by atoms with Crippen molar-refractivity contribution in [3.63, 3.8) is 0 Å². The van der Waals surface area contributed by atoms with E-state index < -0.39 is 12.1 Å². The number of hydrogen-bond donors (Lipinski definition) is 2. The molecule has 2 amide bonds. The normalized spacial score (nSPS) is 12.6. The van der Waals surface area contributed by atoms with E-state index in [1.54, 1.807) is 31.2 Å². The van der Waals surface area contributed by atoms with Crippen LogP contribution in [0.1, 0.15) is 51.2 Å². The summed E-state index contributed by atoms with van der Waals surface area (Å²) in [6, 6.07) is 14.5. The van der Waals surface area contributed by atoms with Gasteiger partial charge in [0.2, 0.25) is 5.91 Å². The molecule has 0 radical (unpaired) electrons. The molecule has 0 saturated heterocycles. The number of amides is 2. The molecule has 6 heteroatoms. The van der Waals surface area contributed by atoms with Crippen LogP contribution in [-0.4, -0.2) is 23.9 Å². The predicted molar refractivity (Wildman–Crippen MR) is 114 cm³/mol. The van der Waals surface area contributed by atoms with Crippen molar-refractivity contribution in [3.05, 3.63) is 59.7 Å². The van der Waals surface area contributed by atoms with Crippen LogP contribution >= 0.6 is 0 Å². The van der Waals surface area contributed by atoms with Crippen LogP contribution in [0.4, 0.5) is 11.4 Å². The highest BCUT2D eigenvalue weighted by atomic mass is 16.5. The van der Waals surface area contributed by atoms with Crippen LogP contribution in [-0.2, 0) is 25.5 Å². The van der Waals surface area contributed by atoms with Crippen molar-refractivity contribution in [2.75, 3.05) is 10.6 Å². The van der Waals surface area contributed by atoms with Gasteiger partial charge in [-0.1, -0.05) is 44.2 Å². The Hall–Kier alpha value is -3.15. The summed E-state index contributed by atoms with van der Waals surface area (Å²) in [5.41, 5.74) is 3.19. The predicted octanol–water partition coefficient (Wildman–Crippen LogP) is 4.27. The molecule has 0 aliphatic heterocycles. The van der Waals surface area contributed by atoms with Crippen molar-refractivity contribution in [2.45, 2.75) is 52.6 Å². The zero-order valence-corrected chi connectivity index (χ0v) is 17.3. The standard InChI is InChI=1S/C23H28N2O4/c1-5-15(2)20-8-6-7-9-21(20)25-23(28)16(3)29-22(27)14-18-10-12-19(13-11-18)24-17(4)26/h6-13,15-16H,5,14H2,1-4H3,(H,24,26)(H,25,28)/t15-,16-/m1/s1. The molecular weight excluding hydrogens is 368 g/mol. The minimum Gasteiger partial charge on any atom is -0.452 e. The van der Waals surface area contributed by atoms with Gasteiger partial charge in [-0.2, -0.15) is 0 Å². The van der Waals surface area contributed by atoms with Gasteiger partial charge in [-0.25, -0.2) is 0 Å². The molecule has 154 valence electrons. The fourth-order valence-corrected chi connectivity index (χ4v) is 2.86. The first-order valence-corrected chi connectivity index (χ1v) is 9.76. The molecule has 29 heavy (non-hydrogen) atoms. The van der Waals surface area contributed by atoms with Gasteiger partial charge in [0.15, 0.2) is 6.10 Å². The maximum absolute atomic E-state index is 12.5. The summed E-state index contributed by atoms with van der Waals surface area (Å²) in [4.78, 5) is 35.7. The number of carbonyl (C=O) groups excluding carboxylic acids is 3. The first-order chi connectivity index (χ1) is 13.8. The molecule has 2 atom stereocenters. The lowest BCUT2D eigenvalue weighted by Crippen LogP contribution is -2.30. The highest BCUT2D eigenvalue weighted by Gasteiger charge is 2.20. The average Bonchev–Trinajstić information content (AvgIpc) is 2.68. The molecule has 2 aromatic rings. The lowest BCUT2D eigenvalue weighted by molar-refractivity contribution is -0.152. The molecule has 2 aromatic carbocycles. The summed E-state index contributed by atoms with van der Waals surface area (Å²) in [6.45, 7) is 7.18. The number of benzene rings is 2. The van der Waals surface area contributed by atoms with E-state index in [1.807, 2.05) is 24.3 Å². The summed E-state index contributed by atoms with van der Waals surface area (Å²) in [5.74, 6) is -0.707. The Bertz CT molecular complexity index is 861. The van der Waals surface area contributed by atoms with Crippen molar-refractivity contribution in [1.82, 2.24) is 0 Å². The number of anilines is 2. The zero-order chi connectivity index (χ0) is 21.4. The molecule has 0 saturated carbocycles. The SMILES string of the molecule is CC[C@@H](C)c1ccccc1NC(=O)[C@@H](C)OC(=O)Cc1ccc(NC(C)=O)cc1. The Labute approximate surface area is 171 Å². The molecule has 0 fully saturated rings. The molecule has 0 aliphatic carbocycles. The summed E-state index contributed by atoms with van der Waals surface area (Å²) in [6.07, 6.45) is 0.0886. The van der Waals surface area contributed by atoms with Gasteiger partial charge < -0.3 is 15.4 Å². The molecule has 0 bridgehead atoms. The van der Waals surface area contributed by atoms with Crippen molar-refractivity contribution < 1.29 is 19.1 Å². The van der Waals surface area contributed by atoms with Crippen LogP contribution in [0, 0.1) is 0 Å². The molecule has 0 aliphatic rings. The molecule has 0 spiro atoms. The highest BCUT2D eigenvalue weighted by molar-refractivity contribution is 5.96. The Morgan fingerprint density at radius 3 is 2.24 bits per heavy atom. The number of para-hydroxylation sites is 1. The second-order valence-corrected chi connectivity index (χ2v) is 7.07. The summed E-state index contributed by atoms with van der Waals surface area (Å²) in [5, 5.41) is 5.53. The zero-order valence-electron chi connectivity index (χ0n) is 17.3. The van der Waals surface area contributed by atoms with Crippen LogP contribution in [0.3, 0.4) is 0 Å². The molecule has 6 nitrogen and oxygen atoms in total. The highest BCUT2D eigenvalue weighted by Crippen LogP contribution is 2.26. The number of ether oxygens (including phenoxy) is 1. The van der Waals surface area contributed by atoms with Crippen molar-refractivity contribution in [3.8, 4) is 0 Å². The first kappa shape index (κ1) is 22.1. The van der Waals surface area contributed by atoms with Gasteiger partial charge in [0.05, 0.1) is 6.42 Å². The quantitative estimate of drug-likeness (QED) is 0.653. The van der Waals surface area contributed by atoms with Gasteiger partial charge >= 0.3 is 5.97 Å². The largest absolute Gasteiger partial charge is 0.452 e. The van der Waals surface area contributed by atoms with E-state index in [1.165, 1.54) is 6.92 Å². The summed E-state index contributed by atoms with van der Waals surface area (Å²) >= 11 is 0. The van der Waals surface area contributed by atoms with Gasteiger partial charge in [-0.15, -0.1) is 0 Å². The van der Waals surface area contributed by atoms with Crippen LogP contribution in [0.5, 0.6) is 0 Å². The third-order valence-electron chi connectivity index (χ3n) is 4.66.